The first-order chi connectivity index (χ1) is 11.5. The molecule has 0 aliphatic heterocycles. The van der Waals surface area contributed by atoms with Crippen LogP contribution in [0.25, 0.3) is 0 Å². The third-order valence-corrected chi connectivity index (χ3v) is 5.42. The van der Waals surface area contributed by atoms with E-state index in [9.17, 15) is 13.6 Å². The molecule has 0 saturated heterocycles. The van der Waals surface area contributed by atoms with Crippen LogP contribution < -0.4 is 5.32 Å². The van der Waals surface area contributed by atoms with Gasteiger partial charge in [0.05, 0.1) is 12.6 Å². The van der Waals surface area contributed by atoms with Gasteiger partial charge in [0, 0.05) is 37.5 Å². The maximum Gasteiger partial charge on any atom is 0.319 e. The molecular formula is C16H24F2N4O2. The Morgan fingerprint density at radius 2 is 2.33 bits per heavy atom. The van der Waals surface area contributed by atoms with Gasteiger partial charge in [-0.3, -0.25) is 4.57 Å². The molecule has 2 aliphatic carbocycles. The van der Waals surface area contributed by atoms with E-state index in [1.165, 1.54) is 17.3 Å². The number of urea groups is 1. The van der Waals surface area contributed by atoms with Crippen LogP contribution in [0.15, 0.2) is 12.4 Å². The number of amides is 2. The summed E-state index contributed by atoms with van der Waals surface area (Å²) >= 11 is 0. The largest absolute Gasteiger partial charge is 0.378 e. The number of hydrogen-bond acceptors (Lipinski definition) is 3. The molecule has 2 atom stereocenters. The molecule has 1 aromatic rings. The Balaban J connectivity index is 1.56. The van der Waals surface area contributed by atoms with Gasteiger partial charge in [0.15, 0.2) is 0 Å². The highest BCUT2D eigenvalue weighted by Gasteiger charge is 2.59. The molecule has 1 N–H and O–H groups in total. The van der Waals surface area contributed by atoms with Crippen molar-refractivity contribution >= 4 is 6.03 Å². The number of halogens is 2. The lowest BCUT2D eigenvalue weighted by atomic mass is 9.51. The van der Waals surface area contributed by atoms with Crippen molar-refractivity contribution in [2.24, 2.45) is 5.41 Å². The fraction of sp³-hybridized carbons (Fsp3) is 0.750. The van der Waals surface area contributed by atoms with E-state index in [1.807, 2.05) is 6.92 Å². The predicted molar refractivity (Wildman–Crippen MR) is 83.6 cm³/mol. The van der Waals surface area contributed by atoms with Crippen molar-refractivity contribution in [1.82, 2.24) is 19.8 Å². The van der Waals surface area contributed by atoms with Crippen LogP contribution in [0.5, 0.6) is 0 Å². The normalized spacial score (nSPS) is 24.5. The maximum absolute atomic E-state index is 12.8. The summed E-state index contributed by atoms with van der Waals surface area (Å²) < 4.78 is 32.2. The Kier molecular flexibility index (Phi) is 4.76. The van der Waals surface area contributed by atoms with Crippen LogP contribution in [-0.2, 0) is 11.3 Å². The Labute approximate surface area is 140 Å². The minimum Gasteiger partial charge on any atom is -0.378 e. The first-order valence-corrected chi connectivity index (χ1v) is 8.41. The number of aromatic nitrogens is 2. The molecule has 2 aliphatic rings. The van der Waals surface area contributed by atoms with Crippen molar-refractivity contribution in [2.45, 2.75) is 57.8 Å². The molecule has 0 radical (unpaired) electrons. The van der Waals surface area contributed by atoms with Crippen LogP contribution in [0.1, 0.15) is 45.0 Å². The van der Waals surface area contributed by atoms with Crippen LogP contribution in [0.3, 0.4) is 0 Å². The average Bonchev–Trinajstić information content (AvgIpc) is 2.92. The molecule has 2 saturated carbocycles. The van der Waals surface area contributed by atoms with Crippen molar-refractivity contribution < 1.29 is 18.3 Å². The van der Waals surface area contributed by atoms with E-state index in [0.29, 0.717) is 6.61 Å². The maximum atomic E-state index is 12.8. The van der Waals surface area contributed by atoms with Gasteiger partial charge < -0.3 is 15.0 Å². The summed E-state index contributed by atoms with van der Waals surface area (Å²) in [6.07, 6.45) is 6.88. The number of hydrogen-bond donors (Lipinski definition) is 1. The molecule has 1 spiro atoms. The minimum atomic E-state index is -2.66. The summed E-state index contributed by atoms with van der Waals surface area (Å²) in [7, 11) is 1.59. The van der Waals surface area contributed by atoms with Gasteiger partial charge in [-0.25, -0.2) is 9.78 Å². The second kappa shape index (κ2) is 6.66. The fourth-order valence-electron chi connectivity index (χ4n) is 3.83. The van der Waals surface area contributed by atoms with Crippen LogP contribution in [0.2, 0.25) is 0 Å². The van der Waals surface area contributed by atoms with Gasteiger partial charge in [-0.1, -0.05) is 6.42 Å². The first kappa shape index (κ1) is 17.1. The van der Waals surface area contributed by atoms with E-state index in [2.05, 4.69) is 10.3 Å². The molecule has 0 unspecified atom stereocenters. The van der Waals surface area contributed by atoms with Crippen LogP contribution >= 0.6 is 0 Å². The SMILES string of the molecule is CCO[C@@H]1C[C@H](NC(=O)N(C)Cc2nccn2C(F)F)C12CCC2. The van der Waals surface area contributed by atoms with Gasteiger partial charge in [-0.15, -0.1) is 0 Å². The molecule has 8 heteroatoms. The molecular weight excluding hydrogens is 318 g/mol. The van der Waals surface area contributed by atoms with Crippen molar-refractivity contribution in [3.8, 4) is 0 Å². The summed E-state index contributed by atoms with van der Waals surface area (Å²) in [5.74, 6) is 0.168. The average molecular weight is 342 g/mol. The van der Waals surface area contributed by atoms with Crippen LogP contribution in [-0.4, -0.2) is 46.3 Å². The van der Waals surface area contributed by atoms with E-state index in [0.717, 1.165) is 30.3 Å². The summed E-state index contributed by atoms with van der Waals surface area (Å²) in [6.45, 7) is 0.0499. The number of carbonyl (C=O) groups excluding carboxylic acids is 1. The quantitative estimate of drug-likeness (QED) is 0.865. The number of rotatable bonds is 6. The smallest absolute Gasteiger partial charge is 0.319 e. The van der Waals surface area contributed by atoms with Crippen LogP contribution in [0.4, 0.5) is 13.6 Å². The number of carbonyl (C=O) groups is 1. The van der Waals surface area contributed by atoms with Gasteiger partial charge in [0.2, 0.25) is 0 Å². The zero-order valence-corrected chi connectivity index (χ0v) is 14.0. The molecule has 2 fully saturated rings. The molecule has 0 aromatic carbocycles. The standard InChI is InChI=1S/C16H24F2N4O2/c1-3-24-12-9-11(16(12)5-4-6-16)20-15(23)21(2)10-13-19-7-8-22(13)14(17)18/h7-8,11-12,14H,3-6,9-10H2,1-2H3,(H,20,23)/t11-,12+/m0/s1. The van der Waals surface area contributed by atoms with Gasteiger partial charge in [-0.2, -0.15) is 8.78 Å². The minimum absolute atomic E-state index is 0.0395. The highest BCUT2D eigenvalue weighted by atomic mass is 19.3. The Morgan fingerprint density at radius 3 is 2.92 bits per heavy atom. The van der Waals surface area contributed by atoms with Crippen molar-refractivity contribution in [3.05, 3.63) is 18.2 Å². The van der Waals surface area contributed by atoms with Gasteiger partial charge in [-0.05, 0) is 26.2 Å². The zero-order chi connectivity index (χ0) is 17.3. The van der Waals surface area contributed by atoms with Crippen molar-refractivity contribution in [2.75, 3.05) is 13.7 Å². The van der Waals surface area contributed by atoms with Gasteiger partial charge in [0.1, 0.15) is 5.82 Å². The molecule has 3 rings (SSSR count). The van der Waals surface area contributed by atoms with Gasteiger partial charge >= 0.3 is 12.6 Å². The molecule has 6 nitrogen and oxygen atoms in total. The van der Waals surface area contributed by atoms with Crippen molar-refractivity contribution in [1.29, 1.82) is 0 Å². The highest BCUT2D eigenvalue weighted by Crippen LogP contribution is 2.57. The Morgan fingerprint density at radius 1 is 1.58 bits per heavy atom. The number of nitrogens with zero attached hydrogens (tertiary/aromatic N) is 3. The van der Waals surface area contributed by atoms with E-state index >= 15 is 0 Å². The summed E-state index contributed by atoms with van der Waals surface area (Å²) in [4.78, 5) is 17.7. The highest BCUT2D eigenvalue weighted by molar-refractivity contribution is 5.74. The van der Waals surface area contributed by atoms with E-state index in [-0.39, 0.29) is 36.0 Å². The number of imidazole rings is 1. The monoisotopic (exact) mass is 342 g/mol. The lowest BCUT2D eigenvalue weighted by molar-refractivity contribution is -0.169. The van der Waals surface area contributed by atoms with Crippen molar-refractivity contribution in [3.63, 3.8) is 0 Å². The fourth-order valence-corrected chi connectivity index (χ4v) is 3.83. The van der Waals surface area contributed by atoms with E-state index < -0.39 is 6.55 Å². The molecule has 1 aromatic heterocycles. The molecule has 1 heterocycles. The summed E-state index contributed by atoms with van der Waals surface area (Å²) in [6, 6.07) is -0.155. The molecule has 0 bridgehead atoms. The van der Waals surface area contributed by atoms with E-state index in [4.69, 9.17) is 4.74 Å². The topological polar surface area (TPSA) is 59.4 Å². The predicted octanol–water partition coefficient (Wildman–Crippen LogP) is 2.77. The summed E-state index contributed by atoms with van der Waals surface area (Å²) in [5.41, 5.74) is 0.0773. The second-order valence-corrected chi connectivity index (χ2v) is 6.65. The first-order valence-electron chi connectivity index (χ1n) is 8.41. The van der Waals surface area contributed by atoms with Gasteiger partial charge in [0.25, 0.3) is 0 Å². The zero-order valence-electron chi connectivity index (χ0n) is 14.0. The third kappa shape index (κ3) is 2.87. The second-order valence-electron chi connectivity index (χ2n) is 6.65. The number of ether oxygens (including phenoxy) is 1. The Bertz CT molecular complexity index is 588. The lowest BCUT2D eigenvalue weighted by Gasteiger charge is -2.61. The third-order valence-electron chi connectivity index (χ3n) is 5.42. The Hall–Kier alpha value is -1.70. The van der Waals surface area contributed by atoms with Crippen LogP contribution in [0, 0.1) is 5.41 Å². The summed E-state index contributed by atoms with van der Waals surface area (Å²) in [5, 5.41) is 3.04. The number of alkyl halides is 2. The number of nitrogens with one attached hydrogen (secondary N) is 1. The molecule has 134 valence electrons. The molecule has 24 heavy (non-hydrogen) atoms. The lowest BCUT2D eigenvalue weighted by Crippen LogP contribution is -2.68. The molecule has 2 amide bonds. The van der Waals surface area contributed by atoms with E-state index in [1.54, 1.807) is 7.05 Å².